The number of carbonyl (C=O) groups is 1. The molecule has 1 aromatic heterocycles. The number of carbonyl (C=O) groups excluding carboxylic acids is 1. The van der Waals surface area contributed by atoms with Gasteiger partial charge in [0.1, 0.15) is 16.4 Å². The molecular formula is C23H22O5S. The van der Waals surface area contributed by atoms with Gasteiger partial charge < -0.3 is 14.3 Å². The van der Waals surface area contributed by atoms with E-state index >= 15 is 0 Å². The van der Waals surface area contributed by atoms with Crippen molar-refractivity contribution in [1.82, 2.24) is 0 Å². The monoisotopic (exact) mass is 410 g/mol. The fraction of sp³-hybridized carbons (Fsp3) is 0.217. The fourth-order valence-corrected chi connectivity index (χ4v) is 3.73. The zero-order valence-corrected chi connectivity index (χ0v) is 16.9. The Bertz CT molecular complexity index is 1010. The topological polar surface area (TPSA) is 76.7 Å². The van der Waals surface area contributed by atoms with Crippen molar-refractivity contribution < 1.29 is 19.1 Å². The van der Waals surface area contributed by atoms with E-state index in [0.717, 1.165) is 12.0 Å². The highest BCUT2D eigenvalue weighted by Crippen LogP contribution is 2.30. The molecule has 5 nitrogen and oxygen atoms in total. The summed E-state index contributed by atoms with van der Waals surface area (Å²) in [6.07, 6.45) is 0.967. The Hall–Kier alpha value is -2.99. The zero-order chi connectivity index (χ0) is 20.6. The van der Waals surface area contributed by atoms with Crippen LogP contribution in [0.1, 0.15) is 18.1 Å². The van der Waals surface area contributed by atoms with Crippen molar-refractivity contribution in [1.29, 1.82) is 0 Å². The first-order chi connectivity index (χ1) is 14.1. The summed E-state index contributed by atoms with van der Waals surface area (Å²) >= 11 is 1.28. The van der Waals surface area contributed by atoms with Gasteiger partial charge in [-0.15, -0.1) is 11.8 Å². The number of thioether (sulfide) groups is 1. The second-order valence-electron chi connectivity index (χ2n) is 6.38. The standard InChI is InChI=1S/C23H22O5S/c1-2-27-21(25)14-17-8-10-18(11-9-17)20-15-19(24)22(23(26)28-20)29-13-12-16-6-4-3-5-7-16/h3-11,15,24H,2,12-14H2,1H3. The second-order valence-corrected chi connectivity index (χ2v) is 7.48. The van der Waals surface area contributed by atoms with Gasteiger partial charge in [0, 0.05) is 17.4 Å². The Morgan fingerprint density at radius 2 is 1.79 bits per heavy atom. The Morgan fingerprint density at radius 1 is 1.07 bits per heavy atom. The SMILES string of the molecule is CCOC(=O)Cc1ccc(-c2cc(O)c(SCCc3ccccc3)c(=O)o2)cc1. The minimum Gasteiger partial charge on any atom is -0.506 e. The van der Waals surface area contributed by atoms with Gasteiger partial charge in [0.25, 0.3) is 0 Å². The van der Waals surface area contributed by atoms with Crippen LogP contribution in [0.25, 0.3) is 11.3 Å². The molecular weight excluding hydrogens is 388 g/mol. The van der Waals surface area contributed by atoms with Crippen molar-refractivity contribution in [2.75, 3.05) is 12.4 Å². The summed E-state index contributed by atoms with van der Waals surface area (Å²) in [6.45, 7) is 2.11. The predicted molar refractivity (Wildman–Crippen MR) is 113 cm³/mol. The number of hydrogen-bond acceptors (Lipinski definition) is 6. The Kier molecular flexibility index (Phi) is 7.14. The molecule has 0 radical (unpaired) electrons. The van der Waals surface area contributed by atoms with Crippen LogP contribution in [0.2, 0.25) is 0 Å². The highest BCUT2D eigenvalue weighted by atomic mass is 32.2. The Labute approximate surface area is 173 Å². The maximum atomic E-state index is 12.4. The molecule has 3 aromatic rings. The van der Waals surface area contributed by atoms with Crippen LogP contribution in [0.5, 0.6) is 5.75 Å². The van der Waals surface area contributed by atoms with Crippen molar-refractivity contribution in [2.24, 2.45) is 0 Å². The molecule has 0 bridgehead atoms. The number of hydrogen-bond donors (Lipinski definition) is 1. The summed E-state index contributed by atoms with van der Waals surface area (Å²) in [5.41, 5.74) is 2.05. The van der Waals surface area contributed by atoms with E-state index in [-0.39, 0.29) is 28.8 Å². The summed E-state index contributed by atoms with van der Waals surface area (Å²) in [4.78, 5) is 24.1. The molecule has 0 atom stereocenters. The molecule has 0 aliphatic heterocycles. The number of esters is 1. The van der Waals surface area contributed by atoms with Gasteiger partial charge in [-0.25, -0.2) is 4.79 Å². The lowest BCUT2D eigenvalue weighted by atomic mass is 10.1. The van der Waals surface area contributed by atoms with Crippen molar-refractivity contribution >= 4 is 17.7 Å². The first-order valence-corrected chi connectivity index (χ1v) is 10.3. The molecule has 0 amide bonds. The molecule has 0 unspecified atom stereocenters. The molecule has 0 saturated heterocycles. The van der Waals surface area contributed by atoms with Gasteiger partial charge in [-0.2, -0.15) is 0 Å². The van der Waals surface area contributed by atoms with Gasteiger partial charge in [-0.3, -0.25) is 4.79 Å². The second kappa shape index (κ2) is 9.98. The largest absolute Gasteiger partial charge is 0.506 e. The summed E-state index contributed by atoms with van der Waals surface area (Å²) in [5, 5.41) is 10.3. The maximum absolute atomic E-state index is 12.4. The lowest BCUT2D eigenvalue weighted by Crippen LogP contribution is -2.07. The van der Waals surface area contributed by atoms with Crippen LogP contribution >= 0.6 is 11.8 Å². The van der Waals surface area contributed by atoms with Gasteiger partial charge in [-0.1, -0.05) is 54.6 Å². The summed E-state index contributed by atoms with van der Waals surface area (Å²) < 4.78 is 10.3. The van der Waals surface area contributed by atoms with Crippen LogP contribution < -0.4 is 5.63 Å². The normalized spacial score (nSPS) is 10.7. The van der Waals surface area contributed by atoms with Crippen molar-refractivity contribution in [2.45, 2.75) is 24.7 Å². The third-order valence-corrected chi connectivity index (χ3v) is 5.33. The first kappa shape index (κ1) is 20.7. The van der Waals surface area contributed by atoms with E-state index in [2.05, 4.69) is 0 Å². The molecule has 0 aliphatic rings. The average Bonchev–Trinajstić information content (AvgIpc) is 2.71. The minimum atomic E-state index is -0.561. The molecule has 29 heavy (non-hydrogen) atoms. The number of aromatic hydroxyl groups is 1. The van der Waals surface area contributed by atoms with E-state index in [9.17, 15) is 14.7 Å². The average molecular weight is 410 g/mol. The number of aryl methyl sites for hydroxylation is 1. The molecule has 2 aromatic carbocycles. The van der Waals surface area contributed by atoms with Crippen LogP contribution in [-0.2, 0) is 22.4 Å². The van der Waals surface area contributed by atoms with Gasteiger partial charge in [-0.05, 0) is 24.5 Å². The van der Waals surface area contributed by atoms with Gasteiger partial charge in [0.05, 0.1) is 13.0 Å². The van der Waals surface area contributed by atoms with Crippen LogP contribution in [0.4, 0.5) is 0 Å². The van der Waals surface area contributed by atoms with Crippen LogP contribution in [0.15, 0.2) is 74.8 Å². The third kappa shape index (κ3) is 5.74. The Morgan fingerprint density at radius 3 is 2.45 bits per heavy atom. The van der Waals surface area contributed by atoms with Crippen LogP contribution in [0, 0.1) is 0 Å². The zero-order valence-electron chi connectivity index (χ0n) is 16.1. The van der Waals surface area contributed by atoms with E-state index < -0.39 is 5.63 Å². The Balaban J connectivity index is 1.68. The summed E-state index contributed by atoms with van der Waals surface area (Å²) in [7, 11) is 0. The molecule has 0 fully saturated rings. The highest BCUT2D eigenvalue weighted by Gasteiger charge is 2.13. The van der Waals surface area contributed by atoms with E-state index in [1.165, 1.54) is 23.4 Å². The van der Waals surface area contributed by atoms with Crippen molar-refractivity contribution in [3.05, 3.63) is 82.2 Å². The van der Waals surface area contributed by atoms with E-state index in [4.69, 9.17) is 9.15 Å². The van der Waals surface area contributed by atoms with Crippen molar-refractivity contribution in [3.63, 3.8) is 0 Å². The number of ether oxygens (including phenoxy) is 1. The number of rotatable bonds is 8. The minimum absolute atomic E-state index is 0.0927. The molecule has 1 N–H and O–H groups in total. The third-order valence-electron chi connectivity index (χ3n) is 4.26. The van der Waals surface area contributed by atoms with Gasteiger partial charge in [0.15, 0.2) is 0 Å². The summed E-state index contributed by atoms with van der Waals surface area (Å²) in [5.74, 6) is 0.554. The molecule has 1 heterocycles. The highest BCUT2D eigenvalue weighted by molar-refractivity contribution is 7.99. The molecule has 0 saturated carbocycles. The molecule has 0 aliphatic carbocycles. The molecule has 3 rings (SSSR count). The van der Waals surface area contributed by atoms with Gasteiger partial charge >= 0.3 is 11.6 Å². The quantitative estimate of drug-likeness (QED) is 0.437. The van der Waals surface area contributed by atoms with Crippen molar-refractivity contribution in [3.8, 4) is 17.1 Å². The van der Waals surface area contributed by atoms with Crippen LogP contribution in [0.3, 0.4) is 0 Å². The van der Waals surface area contributed by atoms with E-state index in [1.807, 2.05) is 30.3 Å². The lowest BCUT2D eigenvalue weighted by Gasteiger charge is -2.07. The molecule has 0 spiro atoms. The molecule has 6 heteroatoms. The lowest BCUT2D eigenvalue weighted by molar-refractivity contribution is -0.142. The van der Waals surface area contributed by atoms with E-state index in [1.54, 1.807) is 31.2 Å². The van der Waals surface area contributed by atoms with Crippen LogP contribution in [-0.4, -0.2) is 23.4 Å². The van der Waals surface area contributed by atoms with E-state index in [0.29, 0.717) is 17.9 Å². The smallest absolute Gasteiger partial charge is 0.353 e. The fourth-order valence-electron chi connectivity index (χ4n) is 2.83. The first-order valence-electron chi connectivity index (χ1n) is 9.35. The summed E-state index contributed by atoms with van der Waals surface area (Å²) in [6, 6.07) is 18.4. The predicted octanol–water partition coefficient (Wildman–Crippen LogP) is 4.45. The maximum Gasteiger partial charge on any atom is 0.353 e. The molecule has 150 valence electrons. The van der Waals surface area contributed by atoms with Gasteiger partial charge in [0.2, 0.25) is 0 Å². The number of benzene rings is 2.